The van der Waals surface area contributed by atoms with Gasteiger partial charge >= 0.3 is 5.97 Å². The van der Waals surface area contributed by atoms with E-state index in [2.05, 4.69) is 10.3 Å². The number of aromatic amines is 1. The van der Waals surface area contributed by atoms with Crippen molar-refractivity contribution in [1.82, 2.24) is 4.98 Å². The lowest BCUT2D eigenvalue weighted by Gasteiger charge is -2.15. The molecule has 0 unspecified atom stereocenters. The molecule has 0 fully saturated rings. The highest BCUT2D eigenvalue weighted by Crippen LogP contribution is 2.29. The third-order valence-corrected chi connectivity index (χ3v) is 3.34. The van der Waals surface area contributed by atoms with Crippen LogP contribution in [0.25, 0.3) is 0 Å². The number of rotatable bonds is 6. The number of nitrogens with zero attached hydrogens (tertiary/aromatic N) is 1. The van der Waals surface area contributed by atoms with Gasteiger partial charge in [-0.15, -0.1) is 0 Å². The van der Waals surface area contributed by atoms with Crippen LogP contribution in [0.1, 0.15) is 17.3 Å². The van der Waals surface area contributed by atoms with Gasteiger partial charge in [0.25, 0.3) is 17.2 Å². The Labute approximate surface area is 146 Å². The summed E-state index contributed by atoms with van der Waals surface area (Å²) in [7, 11) is 1.29. The summed E-state index contributed by atoms with van der Waals surface area (Å²) in [6.07, 6.45) is 0.137. The first-order valence-electron chi connectivity index (χ1n) is 7.35. The molecule has 1 aromatic heterocycles. The minimum absolute atomic E-state index is 0.0746. The number of H-pyrrole nitrogens is 1. The van der Waals surface area contributed by atoms with Crippen LogP contribution in [0, 0.1) is 10.1 Å². The molecule has 1 heterocycles. The molecule has 1 amide bonds. The molecule has 10 nitrogen and oxygen atoms in total. The average Bonchev–Trinajstić information content (AvgIpc) is 2.61. The lowest BCUT2D eigenvalue weighted by molar-refractivity contribution is -0.384. The van der Waals surface area contributed by atoms with E-state index < -0.39 is 28.5 Å². The van der Waals surface area contributed by atoms with Crippen molar-refractivity contribution in [3.05, 3.63) is 62.6 Å². The van der Waals surface area contributed by atoms with Crippen LogP contribution in [0.3, 0.4) is 0 Å². The number of amides is 1. The monoisotopic (exact) mass is 361 g/mol. The molecule has 2 rings (SSSR count). The van der Waals surface area contributed by atoms with Gasteiger partial charge in [0.1, 0.15) is 11.3 Å². The summed E-state index contributed by atoms with van der Waals surface area (Å²) in [5.41, 5.74) is -0.909. The van der Waals surface area contributed by atoms with Gasteiger partial charge in [-0.2, -0.15) is 0 Å². The number of nitro benzene ring substituents is 1. The Balaban J connectivity index is 2.10. The van der Waals surface area contributed by atoms with Crippen molar-refractivity contribution in [2.24, 2.45) is 0 Å². The summed E-state index contributed by atoms with van der Waals surface area (Å²) >= 11 is 0. The van der Waals surface area contributed by atoms with Gasteiger partial charge in [-0.25, -0.2) is 4.79 Å². The second-order valence-electron chi connectivity index (χ2n) is 5.09. The highest BCUT2D eigenvalue weighted by Gasteiger charge is 2.22. The molecule has 10 heteroatoms. The summed E-state index contributed by atoms with van der Waals surface area (Å²) in [5.74, 6) is -1.58. The van der Waals surface area contributed by atoms with Crippen LogP contribution in [0.15, 0.2) is 41.3 Å². The van der Waals surface area contributed by atoms with E-state index in [1.54, 1.807) is 0 Å². The van der Waals surface area contributed by atoms with Gasteiger partial charge in [0, 0.05) is 12.3 Å². The molecular weight excluding hydrogens is 346 g/mol. The second kappa shape index (κ2) is 7.92. The molecule has 0 spiro atoms. The fraction of sp³-hybridized carbons (Fsp3) is 0.188. The first-order valence-corrected chi connectivity index (χ1v) is 7.35. The largest absolute Gasteiger partial charge is 0.494 e. The summed E-state index contributed by atoms with van der Waals surface area (Å²) in [5, 5.41) is 13.2. The lowest BCUT2D eigenvalue weighted by Crippen LogP contribution is -2.31. The first kappa shape index (κ1) is 18.6. The lowest BCUT2D eigenvalue weighted by atomic mass is 10.2. The molecule has 2 N–H and O–H groups in total. The van der Waals surface area contributed by atoms with E-state index in [9.17, 15) is 24.5 Å². The van der Waals surface area contributed by atoms with Gasteiger partial charge in [0.2, 0.25) is 0 Å². The Hall–Kier alpha value is -3.69. The third-order valence-electron chi connectivity index (χ3n) is 3.34. The number of anilines is 1. The van der Waals surface area contributed by atoms with E-state index in [4.69, 9.17) is 9.47 Å². The molecule has 0 aliphatic heterocycles. The van der Waals surface area contributed by atoms with Gasteiger partial charge in [-0.05, 0) is 25.1 Å². The molecule has 26 heavy (non-hydrogen) atoms. The number of ether oxygens (including phenoxy) is 2. The number of benzene rings is 1. The highest BCUT2D eigenvalue weighted by atomic mass is 16.6. The zero-order chi connectivity index (χ0) is 19.3. The third kappa shape index (κ3) is 4.23. The second-order valence-corrected chi connectivity index (χ2v) is 5.09. The number of aromatic nitrogens is 1. The predicted octanol–water partition coefficient (Wildman–Crippen LogP) is 1.48. The predicted molar refractivity (Wildman–Crippen MR) is 90.2 cm³/mol. The Morgan fingerprint density at radius 3 is 2.65 bits per heavy atom. The zero-order valence-electron chi connectivity index (χ0n) is 13.8. The average molecular weight is 361 g/mol. The van der Waals surface area contributed by atoms with Gasteiger partial charge in [-0.3, -0.25) is 19.7 Å². The number of methoxy groups -OCH3 is 1. The Bertz CT molecular complexity index is 907. The van der Waals surface area contributed by atoms with Crippen molar-refractivity contribution in [3.63, 3.8) is 0 Å². The van der Waals surface area contributed by atoms with Crippen LogP contribution in [0.2, 0.25) is 0 Å². The summed E-state index contributed by atoms with van der Waals surface area (Å²) < 4.78 is 9.98. The molecular formula is C16H15N3O7. The molecule has 0 aliphatic carbocycles. The van der Waals surface area contributed by atoms with Crippen molar-refractivity contribution in [1.29, 1.82) is 0 Å². The van der Waals surface area contributed by atoms with Crippen LogP contribution in [-0.2, 0) is 9.53 Å². The molecule has 1 atom stereocenters. The SMILES string of the molecule is COc1cc([N+](=O)[O-])ccc1NC(=O)[C@@H](C)OC(=O)c1ccc[nH]c1=O. The molecule has 136 valence electrons. The number of pyridine rings is 1. The molecule has 0 radical (unpaired) electrons. The molecule has 0 saturated heterocycles. The number of nitrogens with one attached hydrogen (secondary N) is 2. The summed E-state index contributed by atoms with van der Waals surface area (Å²) in [6, 6.07) is 6.36. The zero-order valence-corrected chi connectivity index (χ0v) is 13.8. The van der Waals surface area contributed by atoms with E-state index in [1.807, 2.05) is 0 Å². The number of non-ortho nitro benzene ring substituents is 1. The minimum atomic E-state index is -1.22. The maximum Gasteiger partial charge on any atom is 0.344 e. The van der Waals surface area contributed by atoms with Crippen molar-refractivity contribution in [2.75, 3.05) is 12.4 Å². The maximum atomic E-state index is 12.2. The standard InChI is InChI=1S/C16H15N3O7/c1-9(26-16(22)11-4-3-7-17-15(11)21)14(20)18-12-6-5-10(19(23)24)8-13(12)25-2/h3-9H,1-2H3,(H,17,21)(H,18,20)/t9-/m1/s1. The van der Waals surface area contributed by atoms with E-state index in [1.165, 1.54) is 44.5 Å². The summed E-state index contributed by atoms with van der Waals surface area (Å²) in [4.78, 5) is 48.2. The number of esters is 1. The van der Waals surface area contributed by atoms with Crippen LogP contribution >= 0.6 is 0 Å². The number of carbonyl (C=O) groups is 2. The van der Waals surface area contributed by atoms with Crippen LogP contribution in [0.4, 0.5) is 11.4 Å². The molecule has 0 bridgehead atoms. The van der Waals surface area contributed by atoms with Crippen LogP contribution in [0.5, 0.6) is 5.75 Å². The number of hydrogen-bond donors (Lipinski definition) is 2. The molecule has 1 aromatic carbocycles. The number of hydrogen-bond acceptors (Lipinski definition) is 7. The fourth-order valence-corrected chi connectivity index (χ4v) is 1.99. The normalized spacial score (nSPS) is 11.3. The quantitative estimate of drug-likeness (QED) is 0.451. The number of carbonyl (C=O) groups excluding carboxylic acids is 2. The molecule has 0 saturated carbocycles. The number of nitro groups is 1. The first-order chi connectivity index (χ1) is 12.3. The molecule has 2 aromatic rings. The van der Waals surface area contributed by atoms with Gasteiger partial charge < -0.3 is 19.8 Å². The van der Waals surface area contributed by atoms with Crippen molar-refractivity contribution >= 4 is 23.3 Å². The Morgan fingerprint density at radius 1 is 1.31 bits per heavy atom. The van der Waals surface area contributed by atoms with Crippen molar-refractivity contribution in [3.8, 4) is 5.75 Å². The Kier molecular flexibility index (Phi) is 5.68. The fourth-order valence-electron chi connectivity index (χ4n) is 1.99. The van der Waals surface area contributed by atoms with Crippen molar-refractivity contribution < 1.29 is 24.0 Å². The minimum Gasteiger partial charge on any atom is -0.494 e. The van der Waals surface area contributed by atoms with E-state index in [0.29, 0.717) is 0 Å². The van der Waals surface area contributed by atoms with Crippen molar-refractivity contribution in [2.45, 2.75) is 13.0 Å². The van der Waals surface area contributed by atoms with Gasteiger partial charge in [0.15, 0.2) is 6.10 Å². The summed E-state index contributed by atoms with van der Waals surface area (Å²) in [6.45, 7) is 1.32. The van der Waals surface area contributed by atoms with E-state index >= 15 is 0 Å². The maximum absolute atomic E-state index is 12.2. The van der Waals surface area contributed by atoms with Crippen LogP contribution < -0.4 is 15.6 Å². The highest BCUT2D eigenvalue weighted by molar-refractivity contribution is 5.98. The topological polar surface area (TPSA) is 141 Å². The van der Waals surface area contributed by atoms with E-state index in [-0.39, 0.29) is 22.7 Å². The van der Waals surface area contributed by atoms with Gasteiger partial charge in [0.05, 0.1) is 23.8 Å². The van der Waals surface area contributed by atoms with Crippen LogP contribution in [-0.4, -0.2) is 35.0 Å². The van der Waals surface area contributed by atoms with Gasteiger partial charge in [-0.1, -0.05) is 0 Å². The smallest absolute Gasteiger partial charge is 0.344 e. The van der Waals surface area contributed by atoms with E-state index in [0.717, 1.165) is 6.07 Å². The Morgan fingerprint density at radius 2 is 2.04 bits per heavy atom. The molecule has 0 aliphatic rings.